The van der Waals surface area contributed by atoms with E-state index in [4.69, 9.17) is 15.2 Å². The molecule has 0 spiro atoms. The lowest BCUT2D eigenvalue weighted by Crippen LogP contribution is -2.19. The second-order valence-electron chi connectivity index (χ2n) is 4.32. The standard InChI is InChI=1S/C14H18N2O3/c1-8-9(6-7-15)14(17)16-13-11(19-3)5-4-10(18-2)12(8)13/h4-5H,6-7,15H2,1-3H3,(H,16,17). The minimum Gasteiger partial charge on any atom is -0.496 e. The van der Waals surface area contributed by atoms with E-state index in [2.05, 4.69) is 4.98 Å². The van der Waals surface area contributed by atoms with Crippen molar-refractivity contribution in [2.24, 2.45) is 5.73 Å². The maximum atomic E-state index is 12.1. The van der Waals surface area contributed by atoms with Crippen LogP contribution in [0.1, 0.15) is 11.1 Å². The third-order valence-corrected chi connectivity index (χ3v) is 3.30. The summed E-state index contributed by atoms with van der Waals surface area (Å²) < 4.78 is 10.7. The highest BCUT2D eigenvalue weighted by atomic mass is 16.5. The van der Waals surface area contributed by atoms with Crippen LogP contribution in [0, 0.1) is 6.92 Å². The van der Waals surface area contributed by atoms with Crippen molar-refractivity contribution in [1.82, 2.24) is 4.98 Å². The van der Waals surface area contributed by atoms with Crippen LogP contribution < -0.4 is 20.8 Å². The number of ether oxygens (including phenoxy) is 2. The van der Waals surface area contributed by atoms with Gasteiger partial charge in [0.1, 0.15) is 11.5 Å². The van der Waals surface area contributed by atoms with E-state index >= 15 is 0 Å². The van der Waals surface area contributed by atoms with Gasteiger partial charge in [-0.1, -0.05) is 0 Å². The fourth-order valence-electron chi connectivity index (χ4n) is 2.36. The molecular formula is C14H18N2O3. The van der Waals surface area contributed by atoms with Crippen LogP contribution >= 0.6 is 0 Å². The average Bonchev–Trinajstić information content (AvgIpc) is 2.42. The largest absolute Gasteiger partial charge is 0.496 e. The van der Waals surface area contributed by atoms with Gasteiger partial charge in [-0.3, -0.25) is 4.79 Å². The Morgan fingerprint density at radius 1 is 1.21 bits per heavy atom. The molecule has 0 unspecified atom stereocenters. The maximum absolute atomic E-state index is 12.1. The van der Waals surface area contributed by atoms with Gasteiger partial charge in [-0.2, -0.15) is 0 Å². The van der Waals surface area contributed by atoms with Crippen LogP contribution in [0.5, 0.6) is 11.5 Å². The highest BCUT2D eigenvalue weighted by molar-refractivity contribution is 5.93. The zero-order valence-electron chi connectivity index (χ0n) is 11.4. The van der Waals surface area contributed by atoms with Crippen LogP contribution in [0.15, 0.2) is 16.9 Å². The number of aromatic amines is 1. The molecule has 0 aliphatic heterocycles. The number of nitrogens with two attached hydrogens (primary N) is 1. The average molecular weight is 262 g/mol. The summed E-state index contributed by atoms with van der Waals surface area (Å²) in [6.07, 6.45) is 0.539. The molecular weight excluding hydrogens is 244 g/mol. The second-order valence-corrected chi connectivity index (χ2v) is 4.32. The Morgan fingerprint density at radius 3 is 2.42 bits per heavy atom. The number of nitrogens with one attached hydrogen (secondary N) is 1. The molecule has 0 aliphatic rings. The number of H-pyrrole nitrogens is 1. The van der Waals surface area contributed by atoms with Gasteiger partial charge in [-0.05, 0) is 37.6 Å². The predicted molar refractivity (Wildman–Crippen MR) is 75.2 cm³/mol. The molecule has 0 fully saturated rings. The van der Waals surface area contributed by atoms with Crippen molar-refractivity contribution < 1.29 is 9.47 Å². The van der Waals surface area contributed by atoms with Gasteiger partial charge in [0.05, 0.1) is 19.7 Å². The van der Waals surface area contributed by atoms with Crippen molar-refractivity contribution in [3.63, 3.8) is 0 Å². The zero-order valence-corrected chi connectivity index (χ0v) is 11.4. The summed E-state index contributed by atoms with van der Waals surface area (Å²) in [5.41, 5.74) is 7.68. The lowest BCUT2D eigenvalue weighted by atomic mass is 10.0. The van der Waals surface area contributed by atoms with Crippen molar-refractivity contribution in [2.45, 2.75) is 13.3 Å². The van der Waals surface area contributed by atoms with Gasteiger partial charge in [-0.15, -0.1) is 0 Å². The molecule has 0 amide bonds. The smallest absolute Gasteiger partial charge is 0.252 e. The number of hydrogen-bond donors (Lipinski definition) is 2. The third kappa shape index (κ3) is 2.17. The summed E-state index contributed by atoms with van der Waals surface area (Å²) in [4.78, 5) is 15.0. The number of pyridine rings is 1. The molecule has 19 heavy (non-hydrogen) atoms. The molecule has 0 saturated carbocycles. The van der Waals surface area contributed by atoms with E-state index in [1.54, 1.807) is 20.3 Å². The summed E-state index contributed by atoms with van der Waals surface area (Å²) >= 11 is 0. The molecule has 0 saturated heterocycles. The Morgan fingerprint density at radius 2 is 1.84 bits per heavy atom. The molecule has 1 aromatic carbocycles. The fraction of sp³-hybridized carbons (Fsp3) is 0.357. The van der Waals surface area contributed by atoms with Crippen LogP contribution in [-0.4, -0.2) is 25.7 Å². The summed E-state index contributed by atoms with van der Waals surface area (Å²) in [5, 5.41) is 0.866. The molecule has 1 heterocycles. The predicted octanol–water partition coefficient (Wildman–Crippen LogP) is 1.35. The number of rotatable bonds is 4. The van der Waals surface area contributed by atoms with Crippen LogP contribution in [0.4, 0.5) is 0 Å². The maximum Gasteiger partial charge on any atom is 0.252 e. The Labute approximate surface area is 111 Å². The summed E-state index contributed by atoms with van der Waals surface area (Å²) in [6.45, 7) is 2.34. The molecule has 0 atom stereocenters. The first kappa shape index (κ1) is 13.4. The molecule has 3 N–H and O–H groups in total. The second kappa shape index (κ2) is 5.32. The molecule has 1 aromatic heterocycles. The van der Waals surface area contributed by atoms with Gasteiger partial charge in [0.25, 0.3) is 5.56 Å². The Balaban J connectivity index is 2.90. The number of hydrogen-bond acceptors (Lipinski definition) is 4. The number of methoxy groups -OCH3 is 2. The topological polar surface area (TPSA) is 77.3 Å². The molecule has 0 aliphatic carbocycles. The lowest BCUT2D eigenvalue weighted by molar-refractivity contribution is 0.409. The van der Waals surface area contributed by atoms with E-state index in [9.17, 15) is 4.79 Å². The van der Waals surface area contributed by atoms with E-state index < -0.39 is 0 Å². The Hall–Kier alpha value is -2.01. The van der Waals surface area contributed by atoms with Crippen LogP contribution in [0.25, 0.3) is 10.9 Å². The quantitative estimate of drug-likeness (QED) is 0.872. The number of aromatic nitrogens is 1. The lowest BCUT2D eigenvalue weighted by Gasteiger charge is -2.14. The normalized spacial score (nSPS) is 10.7. The van der Waals surface area contributed by atoms with Crippen molar-refractivity contribution in [3.8, 4) is 11.5 Å². The number of benzene rings is 1. The highest BCUT2D eigenvalue weighted by Crippen LogP contribution is 2.33. The van der Waals surface area contributed by atoms with Crippen molar-refractivity contribution >= 4 is 10.9 Å². The minimum absolute atomic E-state index is 0.123. The fourth-order valence-corrected chi connectivity index (χ4v) is 2.36. The molecule has 102 valence electrons. The van der Waals surface area contributed by atoms with E-state index in [0.717, 1.165) is 10.9 Å². The molecule has 0 bridgehead atoms. The molecule has 2 rings (SSSR count). The van der Waals surface area contributed by atoms with Gasteiger partial charge in [-0.25, -0.2) is 0 Å². The van der Waals surface area contributed by atoms with Crippen molar-refractivity contribution in [2.75, 3.05) is 20.8 Å². The van der Waals surface area contributed by atoms with Crippen LogP contribution in [0.3, 0.4) is 0 Å². The molecule has 5 nitrogen and oxygen atoms in total. The van der Waals surface area contributed by atoms with Gasteiger partial charge >= 0.3 is 0 Å². The van der Waals surface area contributed by atoms with E-state index in [-0.39, 0.29) is 5.56 Å². The van der Waals surface area contributed by atoms with Crippen molar-refractivity contribution in [1.29, 1.82) is 0 Å². The van der Waals surface area contributed by atoms with Gasteiger partial charge in [0, 0.05) is 10.9 Å². The monoisotopic (exact) mass is 262 g/mol. The van der Waals surface area contributed by atoms with Gasteiger partial charge in [0.2, 0.25) is 0 Å². The summed E-state index contributed by atoms with van der Waals surface area (Å²) in [6, 6.07) is 3.61. The Kier molecular flexibility index (Phi) is 3.76. The number of aryl methyl sites for hydroxylation is 1. The molecule has 2 aromatic rings. The van der Waals surface area contributed by atoms with E-state index in [1.807, 2.05) is 13.0 Å². The summed E-state index contributed by atoms with van der Waals surface area (Å²) in [5.74, 6) is 1.33. The Bertz CT molecular complexity index is 662. The third-order valence-electron chi connectivity index (χ3n) is 3.30. The van der Waals surface area contributed by atoms with Gasteiger partial charge < -0.3 is 20.2 Å². The van der Waals surface area contributed by atoms with Crippen molar-refractivity contribution in [3.05, 3.63) is 33.6 Å². The molecule has 0 radical (unpaired) electrons. The summed E-state index contributed by atoms with van der Waals surface area (Å²) in [7, 11) is 3.18. The van der Waals surface area contributed by atoms with Crippen LogP contribution in [0.2, 0.25) is 0 Å². The first-order chi connectivity index (χ1) is 9.13. The zero-order chi connectivity index (χ0) is 14.0. The molecule has 5 heteroatoms. The van der Waals surface area contributed by atoms with Crippen LogP contribution in [-0.2, 0) is 6.42 Å². The minimum atomic E-state index is -0.123. The number of fused-ring (bicyclic) bond motifs is 1. The van der Waals surface area contributed by atoms with E-state index in [1.165, 1.54) is 0 Å². The SMILES string of the molecule is COc1ccc(OC)c2c(C)c(CCN)c(=O)[nH]c12. The van der Waals surface area contributed by atoms with E-state index in [0.29, 0.717) is 35.5 Å². The first-order valence-electron chi connectivity index (χ1n) is 6.10. The highest BCUT2D eigenvalue weighted by Gasteiger charge is 2.15. The van der Waals surface area contributed by atoms with Gasteiger partial charge in [0.15, 0.2) is 0 Å². The first-order valence-corrected chi connectivity index (χ1v) is 6.10.